The van der Waals surface area contributed by atoms with Gasteiger partial charge in [-0.2, -0.15) is 0 Å². The lowest BCUT2D eigenvalue weighted by Gasteiger charge is -2.23. The molecule has 0 aliphatic heterocycles. The van der Waals surface area contributed by atoms with Crippen LogP contribution >= 0.6 is 11.3 Å². The molecule has 3 rings (SSSR count). The first-order valence-electron chi connectivity index (χ1n) is 5.26. The van der Waals surface area contributed by atoms with Gasteiger partial charge in [-0.3, -0.25) is 0 Å². The number of nitrogens with two attached hydrogens (primary N) is 1. The second-order valence-corrected chi connectivity index (χ2v) is 4.94. The molecule has 2 aromatic rings. The molecule has 1 nitrogen and oxygen atoms in total. The molecule has 0 fully saturated rings. The van der Waals surface area contributed by atoms with Crippen molar-refractivity contribution in [1.82, 2.24) is 0 Å². The maximum atomic E-state index is 5.84. The summed E-state index contributed by atoms with van der Waals surface area (Å²) in [7, 11) is 0. The summed E-state index contributed by atoms with van der Waals surface area (Å²) in [5, 5.41) is 2.18. The average molecular weight is 215 g/mol. The molecule has 1 aliphatic rings. The number of hydrogen-bond donors (Lipinski definition) is 1. The Kier molecular flexibility index (Phi) is 2.11. The Morgan fingerprint density at radius 2 is 2.07 bits per heavy atom. The molecule has 0 saturated heterocycles. The number of fused-ring (bicyclic) bond motifs is 3. The monoisotopic (exact) mass is 215 g/mol. The summed E-state index contributed by atoms with van der Waals surface area (Å²) < 4.78 is 0. The molecule has 0 bridgehead atoms. The molecule has 0 saturated carbocycles. The molecule has 2 heteroatoms. The summed E-state index contributed by atoms with van der Waals surface area (Å²) in [5.74, 6) is 0.523. The van der Waals surface area contributed by atoms with Gasteiger partial charge in [-0.15, -0.1) is 11.3 Å². The zero-order valence-corrected chi connectivity index (χ0v) is 9.26. The van der Waals surface area contributed by atoms with E-state index in [0.717, 1.165) is 13.0 Å². The fraction of sp³-hybridized carbons (Fsp3) is 0.231. The van der Waals surface area contributed by atoms with E-state index in [9.17, 15) is 0 Å². The zero-order valence-electron chi connectivity index (χ0n) is 8.44. The Morgan fingerprint density at radius 1 is 1.20 bits per heavy atom. The minimum atomic E-state index is 0.523. The summed E-state index contributed by atoms with van der Waals surface area (Å²) >= 11 is 1.84. The van der Waals surface area contributed by atoms with Gasteiger partial charge in [0.05, 0.1) is 0 Å². The lowest BCUT2D eigenvalue weighted by atomic mass is 9.84. The van der Waals surface area contributed by atoms with E-state index in [-0.39, 0.29) is 0 Å². The molecule has 2 N–H and O–H groups in total. The number of benzene rings is 1. The fourth-order valence-electron chi connectivity index (χ4n) is 2.37. The minimum Gasteiger partial charge on any atom is -0.330 e. The number of rotatable bonds is 1. The summed E-state index contributed by atoms with van der Waals surface area (Å²) in [4.78, 5) is 1.47. The quantitative estimate of drug-likeness (QED) is 0.777. The highest BCUT2D eigenvalue weighted by Crippen LogP contribution is 2.41. The molecule has 1 atom stereocenters. The molecule has 1 unspecified atom stereocenters. The van der Waals surface area contributed by atoms with E-state index >= 15 is 0 Å². The molecule has 1 aromatic heterocycles. The van der Waals surface area contributed by atoms with Crippen molar-refractivity contribution in [3.63, 3.8) is 0 Å². The Hall–Kier alpha value is -1.12. The zero-order chi connectivity index (χ0) is 10.3. The largest absolute Gasteiger partial charge is 0.330 e. The summed E-state index contributed by atoms with van der Waals surface area (Å²) in [6.45, 7) is 0.752. The van der Waals surface area contributed by atoms with Gasteiger partial charge >= 0.3 is 0 Å². The third kappa shape index (κ3) is 1.33. The van der Waals surface area contributed by atoms with E-state index in [2.05, 4.69) is 35.7 Å². The number of thiophene rings is 1. The van der Waals surface area contributed by atoms with E-state index in [1.165, 1.54) is 21.6 Å². The summed E-state index contributed by atoms with van der Waals surface area (Å²) in [6, 6.07) is 10.9. The number of hydrogen-bond acceptors (Lipinski definition) is 2. The van der Waals surface area contributed by atoms with Crippen molar-refractivity contribution in [3.8, 4) is 11.1 Å². The van der Waals surface area contributed by atoms with Gasteiger partial charge in [0.25, 0.3) is 0 Å². The fourth-order valence-corrected chi connectivity index (χ4v) is 3.40. The van der Waals surface area contributed by atoms with Crippen LogP contribution in [0.15, 0.2) is 35.7 Å². The third-order valence-corrected chi connectivity index (χ3v) is 4.20. The Bertz CT molecular complexity index is 487. The van der Waals surface area contributed by atoms with Crippen molar-refractivity contribution in [1.29, 1.82) is 0 Å². The van der Waals surface area contributed by atoms with Gasteiger partial charge in [0, 0.05) is 17.3 Å². The molecule has 15 heavy (non-hydrogen) atoms. The molecular weight excluding hydrogens is 202 g/mol. The molecule has 0 radical (unpaired) electrons. The second kappa shape index (κ2) is 3.47. The van der Waals surface area contributed by atoms with Crippen LogP contribution in [-0.4, -0.2) is 6.54 Å². The van der Waals surface area contributed by atoms with Crippen LogP contribution in [0.4, 0.5) is 0 Å². The van der Waals surface area contributed by atoms with Gasteiger partial charge in [0.2, 0.25) is 0 Å². The summed E-state index contributed by atoms with van der Waals surface area (Å²) in [6.07, 6.45) is 1.10. The van der Waals surface area contributed by atoms with Gasteiger partial charge in [-0.1, -0.05) is 24.3 Å². The molecule has 0 amide bonds. The predicted molar refractivity (Wildman–Crippen MR) is 65.3 cm³/mol. The topological polar surface area (TPSA) is 26.0 Å². The normalized spacial score (nSPS) is 18.3. The van der Waals surface area contributed by atoms with Crippen LogP contribution in [0.25, 0.3) is 11.1 Å². The van der Waals surface area contributed by atoms with Gasteiger partial charge in [0.15, 0.2) is 0 Å². The molecule has 1 heterocycles. The smallest absolute Gasteiger partial charge is 0.0170 e. The van der Waals surface area contributed by atoms with Crippen LogP contribution in [0, 0.1) is 0 Å². The van der Waals surface area contributed by atoms with Crippen molar-refractivity contribution in [2.75, 3.05) is 6.54 Å². The van der Waals surface area contributed by atoms with Crippen molar-refractivity contribution in [2.45, 2.75) is 12.3 Å². The first-order chi connectivity index (χ1) is 7.40. The third-order valence-electron chi connectivity index (χ3n) is 3.12. The molecule has 1 aliphatic carbocycles. The van der Waals surface area contributed by atoms with Gasteiger partial charge < -0.3 is 5.73 Å². The van der Waals surface area contributed by atoms with Crippen molar-refractivity contribution in [3.05, 3.63) is 46.2 Å². The van der Waals surface area contributed by atoms with Crippen LogP contribution in [-0.2, 0) is 6.42 Å². The minimum absolute atomic E-state index is 0.523. The highest BCUT2D eigenvalue weighted by molar-refractivity contribution is 7.10. The molecule has 76 valence electrons. The lowest BCUT2D eigenvalue weighted by Crippen LogP contribution is -2.17. The summed E-state index contributed by atoms with van der Waals surface area (Å²) in [5.41, 5.74) is 10.1. The maximum absolute atomic E-state index is 5.84. The maximum Gasteiger partial charge on any atom is 0.0170 e. The Labute approximate surface area is 93.6 Å². The van der Waals surface area contributed by atoms with Gasteiger partial charge in [-0.25, -0.2) is 0 Å². The highest BCUT2D eigenvalue weighted by atomic mass is 32.1. The van der Waals surface area contributed by atoms with E-state index in [1.807, 2.05) is 11.3 Å². The predicted octanol–water partition coefficient (Wildman–Crippen LogP) is 3.01. The van der Waals surface area contributed by atoms with Crippen molar-refractivity contribution in [2.24, 2.45) is 5.73 Å². The SMILES string of the molecule is NCC1Cc2ccccc2-c2ccsc21. The Morgan fingerprint density at radius 3 is 2.93 bits per heavy atom. The van der Waals surface area contributed by atoms with Crippen LogP contribution in [0.5, 0.6) is 0 Å². The van der Waals surface area contributed by atoms with Crippen molar-refractivity contribution >= 4 is 11.3 Å². The van der Waals surface area contributed by atoms with Crippen LogP contribution < -0.4 is 5.73 Å². The van der Waals surface area contributed by atoms with E-state index in [4.69, 9.17) is 5.73 Å². The first kappa shape index (κ1) is 9.13. The van der Waals surface area contributed by atoms with Crippen LogP contribution in [0.2, 0.25) is 0 Å². The van der Waals surface area contributed by atoms with Gasteiger partial charge in [0.1, 0.15) is 0 Å². The molecule has 1 aromatic carbocycles. The first-order valence-corrected chi connectivity index (χ1v) is 6.14. The van der Waals surface area contributed by atoms with Gasteiger partial charge in [-0.05, 0) is 34.6 Å². The molecule has 0 spiro atoms. The highest BCUT2D eigenvalue weighted by Gasteiger charge is 2.24. The van der Waals surface area contributed by atoms with Crippen LogP contribution in [0.3, 0.4) is 0 Å². The van der Waals surface area contributed by atoms with Crippen LogP contribution in [0.1, 0.15) is 16.4 Å². The standard InChI is InChI=1S/C13H13NS/c14-8-10-7-9-3-1-2-4-11(9)12-5-6-15-13(10)12/h1-6,10H,7-8,14H2. The Balaban J connectivity index is 2.22. The van der Waals surface area contributed by atoms with E-state index in [1.54, 1.807) is 0 Å². The molecular formula is C13H13NS. The van der Waals surface area contributed by atoms with Crippen molar-refractivity contribution < 1.29 is 0 Å². The average Bonchev–Trinajstić information content (AvgIpc) is 2.77. The second-order valence-electron chi connectivity index (χ2n) is 3.99. The lowest BCUT2D eigenvalue weighted by molar-refractivity contribution is 0.700. The van der Waals surface area contributed by atoms with E-state index in [0.29, 0.717) is 5.92 Å². The van der Waals surface area contributed by atoms with E-state index < -0.39 is 0 Å².